The molecule has 19 nitrogen and oxygen atoms in total. The smallest absolute Gasteiger partial charge is 0.394 e. The molecule has 23 heteroatoms. The number of nitrogens with zero attached hydrogens (tertiary/aromatic N) is 4. The Morgan fingerprint density at radius 2 is 1.89 bits per heavy atom. The normalized spacial score (nSPS) is 39.6. The van der Waals surface area contributed by atoms with E-state index in [1.807, 2.05) is 0 Å². The lowest BCUT2D eigenvalue weighted by molar-refractivity contribution is -0.292. The number of ether oxygens (including phenoxy) is 2. The van der Waals surface area contributed by atoms with Crippen molar-refractivity contribution < 1.29 is 72.2 Å². The first kappa shape index (κ1) is 34.0. The molecule has 0 radical (unpaired) electrons. The molecule has 0 amide bonds. The highest BCUT2D eigenvalue weighted by atomic mass is 32.5. The summed E-state index contributed by atoms with van der Waals surface area (Å²) in [6, 6.07) is 0. The molecule has 5 rings (SSSR count). The molecule has 248 valence electrons. The minimum atomic E-state index is -5.51. The van der Waals surface area contributed by atoms with Crippen molar-refractivity contribution in [3.05, 3.63) is 12.7 Å². The number of hydrogen-bond donors (Lipinski definition) is 9. The van der Waals surface area contributed by atoms with Gasteiger partial charge in [-0.1, -0.05) is 0 Å². The van der Waals surface area contributed by atoms with Crippen molar-refractivity contribution in [2.45, 2.75) is 80.2 Å². The van der Waals surface area contributed by atoms with Crippen molar-refractivity contribution in [3.63, 3.8) is 0 Å². The summed E-state index contributed by atoms with van der Waals surface area (Å²) in [5, 5.41) is 60.3. The van der Waals surface area contributed by atoms with Crippen LogP contribution in [0.3, 0.4) is 0 Å². The predicted molar refractivity (Wildman–Crippen MR) is 145 cm³/mol. The monoisotopic (exact) mass is 691 g/mol. The molecule has 0 bridgehead atoms. The molecule has 2 aromatic heterocycles. The largest absolute Gasteiger partial charge is 0.481 e. The average Bonchev–Trinajstić information content (AvgIpc) is 3.69. The van der Waals surface area contributed by atoms with E-state index >= 15 is 4.39 Å². The highest BCUT2D eigenvalue weighted by Gasteiger charge is 2.69. The van der Waals surface area contributed by atoms with E-state index in [2.05, 4.69) is 23.8 Å². The fourth-order valence-electron chi connectivity index (χ4n) is 5.28. The van der Waals surface area contributed by atoms with Crippen molar-refractivity contribution >= 4 is 43.3 Å². The topological polar surface area (TPSA) is 295 Å². The van der Waals surface area contributed by atoms with E-state index in [0.717, 1.165) is 6.33 Å². The summed E-state index contributed by atoms with van der Waals surface area (Å²) in [4.78, 5) is 32.9. The van der Waals surface area contributed by atoms with Crippen LogP contribution >= 0.6 is 14.5 Å². The number of aliphatic hydroxyl groups excluding tert-OH is 6. The summed E-state index contributed by atoms with van der Waals surface area (Å²) in [5.74, 6) is -0.607. The van der Waals surface area contributed by atoms with E-state index in [1.54, 1.807) is 0 Å². The fourth-order valence-corrected chi connectivity index (χ4v) is 8.44. The molecule has 2 aliphatic heterocycles. The van der Waals surface area contributed by atoms with Gasteiger partial charge in [-0.05, 0) is 31.6 Å². The molecule has 0 spiro atoms. The number of anilines is 1. The first-order valence-electron chi connectivity index (χ1n) is 13.1. The maximum absolute atomic E-state index is 16.7. The van der Waals surface area contributed by atoms with Gasteiger partial charge in [-0.25, -0.2) is 28.2 Å². The Morgan fingerprint density at radius 3 is 2.52 bits per heavy atom. The molecule has 1 aliphatic carbocycles. The van der Waals surface area contributed by atoms with Crippen LogP contribution < -0.4 is 5.73 Å². The predicted octanol–water partition coefficient (Wildman–Crippen LogP) is -2.30. The summed E-state index contributed by atoms with van der Waals surface area (Å²) in [6.07, 6.45) is -12.1. The van der Waals surface area contributed by atoms with Gasteiger partial charge in [0.2, 0.25) is 0 Å². The zero-order valence-corrected chi connectivity index (χ0v) is 25.4. The van der Waals surface area contributed by atoms with Gasteiger partial charge in [-0.3, -0.25) is 9.09 Å². The number of nitrogen functional groups attached to an aromatic ring is 1. The number of halogens is 1. The summed E-state index contributed by atoms with van der Waals surface area (Å²) < 4.78 is 56.1. The second-order valence-corrected chi connectivity index (χ2v) is 15.3. The van der Waals surface area contributed by atoms with Crippen LogP contribution in [-0.2, 0) is 39.2 Å². The number of phosphoric acid groups is 1. The molecule has 7 unspecified atom stereocenters. The van der Waals surface area contributed by atoms with Gasteiger partial charge in [0.05, 0.1) is 19.5 Å². The summed E-state index contributed by atoms with van der Waals surface area (Å²) in [5.41, 5.74) is 1.79. The van der Waals surface area contributed by atoms with Crippen LogP contribution in [0.4, 0.5) is 10.2 Å². The average molecular weight is 692 g/mol. The lowest BCUT2D eigenvalue weighted by Gasteiger charge is -2.41. The maximum atomic E-state index is 16.7. The quantitative estimate of drug-likeness (QED) is 0.112. The Kier molecular flexibility index (Phi) is 9.29. The summed E-state index contributed by atoms with van der Waals surface area (Å²) in [7, 11) is -5.51. The minimum absolute atomic E-state index is 0.0278. The fraction of sp³-hybridized carbons (Fsp3) is 0.762. The molecular formula is C21H32FN5O14P2S. The number of fused-ring (bicyclic) bond motifs is 1. The number of alkyl halides is 1. The van der Waals surface area contributed by atoms with Gasteiger partial charge in [-0.15, -0.1) is 0 Å². The van der Waals surface area contributed by atoms with Gasteiger partial charge in [0.15, 0.2) is 29.7 Å². The number of aliphatic hydroxyl groups is 6. The van der Waals surface area contributed by atoms with Gasteiger partial charge < -0.3 is 60.2 Å². The molecule has 2 saturated heterocycles. The van der Waals surface area contributed by atoms with Crippen LogP contribution in [0.15, 0.2) is 12.7 Å². The third-order valence-corrected chi connectivity index (χ3v) is 11.2. The molecule has 4 heterocycles. The van der Waals surface area contributed by atoms with Crippen LogP contribution in [0.2, 0.25) is 0 Å². The second-order valence-electron chi connectivity index (χ2n) is 11.0. The standard InChI is InChI=1S/C21H32FN5O14P2S/c1-20(18(33)21(22,8-2-3-8)19(39-20)27-7-26-10-15(23)24-6-25-16(10)27)5-37-43(36,44)41-42(34,35)40-17-13(32)11(30)12(31)14(38-17)9(29)4-28/h6-9,11-14,17-19,28-33H,2-5H2,1H3,(H,34,35)(H,36,44)(H2,23,24,25)/t9-,11?,12?,13?,14?,17?,18+,19+,20+,21+,43?/m0/s1. The maximum Gasteiger partial charge on any atom is 0.481 e. The second kappa shape index (κ2) is 12.0. The number of rotatable bonds is 11. The van der Waals surface area contributed by atoms with Crippen molar-refractivity contribution in [2.75, 3.05) is 18.9 Å². The van der Waals surface area contributed by atoms with Crippen molar-refractivity contribution in [1.82, 2.24) is 19.5 Å². The molecule has 12 atom stereocenters. The first-order valence-corrected chi connectivity index (χ1v) is 17.2. The highest BCUT2D eigenvalue weighted by Crippen LogP contribution is 2.63. The Balaban J connectivity index is 1.30. The zero-order valence-electron chi connectivity index (χ0n) is 22.8. The Labute approximate surface area is 252 Å². The van der Waals surface area contributed by atoms with Crippen LogP contribution in [-0.4, -0.2) is 127 Å². The van der Waals surface area contributed by atoms with Gasteiger partial charge in [0.25, 0.3) is 0 Å². The van der Waals surface area contributed by atoms with E-state index in [9.17, 15) is 39.9 Å². The summed E-state index contributed by atoms with van der Waals surface area (Å²) in [6.45, 7) is -5.34. The van der Waals surface area contributed by atoms with Crippen molar-refractivity contribution in [3.8, 4) is 0 Å². The van der Waals surface area contributed by atoms with Crippen LogP contribution in [0, 0.1) is 5.92 Å². The first-order chi connectivity index (χ1) is 20.4. The molecule has 3 fully saturated rings. The zero-order chi connectivity index (χ0) is 32.4. The van der Waals surface area contributed by atoms with Gasteiger partial charge in [0, 0.05) is 5.92 Å². The summed E-state index contributed by atoms with van der Waals surface area (Å²) >= 11 is 4.81. The SMILES string of the molecule is C[C@]1(COP(O)(=S)OP(=O)(O)OC2OC([C@@H](O)CO)C(O)C(O)C2O)O[C@@H](n2cnc3c(N)ncnc32)[C@@](F)(C2CC2)[C@@H]1O. The van der Waals surface area contributed by atoms with Crippen LogP contribution in [0.1, 0.15) is 26.0 Å². The van der Waals surface area contributed by atoms with Crippen LogP contribution in [0.25, 0.3) is 11.2 Å². The van der Waals surface area contributed by atoms with Gasteiger partial charge >= 0.3 is 14.5 Å². The number of phosphoric ester groups is 1. The number of hydrogen-bond acceptors (Lipinski definition) is 17. The molecule has 0 aromatic carbocycles. The van der Waals surface area contributed by atoms with Crippen LogP contribution in [0.5, 0.6) is 0 Å². The Hall–Kier alpha value is -1.36. The van der Waals surface area contributed by atoms with E-state index in [0.29, 0.717) is 12.8 Å². The van der Waals surface area contributed by atoms with Gasteiger partial charge in [0.1, 0.15) is 54.1 Å². The van der Waals surface area contributed by atoms with Gasteiger partial charge in [-0.2, -0.15) is 0 Å². The van der Waals surface area contributed by atoms with E-state index in [-0.39, 0.29) is 17.0 Å². The molecular weight excluding hydrogens is 659 g/mol. The molecule has 1 saturated carbocycles. The number of nitrogens with two attached hydrogens (primary N) is 1. The van der Waals surface area contributed by atoms with E-state index in [4.69, 9.17) is 36.6 Å². The lowest BCUT2D eigenvalue weighted by Crippen LogP contribution is -2.61. The van der Waals surface area contributed by atoms with Crippen molar-refractivity contribution in [1.29, 1.82) is 0 Å². The third-order valence-electron chi connectivity index (χ3n) is 7.73. The molecule has 2 aromatic rings. The number of imidazole rings is 1. The van der Waals surface area contributed by atoms with E-state index in [1.165, 1.54) is 17.8 Å². The molecule has 44 heavy (non-hydrogen) atoms. The lowest BCUT2D eigenvalue weighted by atomic mass is 9.85. The highest BCUT2D eigenvalue weighted by molar-refractivity contribution is 8.08. The number of aromatic nitrogens is 4. The Morgan fingerprint density at radius 1 is 1.20 bits per heavy atom. The van der Waals surface area contributed by atoms with E-state index < -0.39 is 94.1 Å². The molecule has 3 aliphatic rings. The third kappa shape index (κ3) is 6.18. The molecule has 10 N–H and O–H groups in total. The Bertz CT molecular complexity index is 1480. The van der Waals surface area contributed by atoms with Crippen molar-refractivity contribution in [2.24, 2.45) is 5.92 Å². The minimum Gasteiger partial charge on any atom is -0.394 e.